The summed E-state index contributed by atoms with van der Waals surface area (Å²) in [6, 6.07) is 1.69. The largest absolute Gasteiger partial charge is 0.409 e. The van der Waals surface area contributed by atoms with Gasteiger partial charge < -0.3 is 20.9 Å². The minimum absolute atomic E-state index is 0.00926. The molecule has 94 valence electrons. The van der Waals surface area contributed by atoms with E-state index in [1.165, 1.54) is 6.20 Å². The summed E-state index contributed by atoms with van der Waals surface area (Å²) in [6.07, 6.45) is 1.53. The lowest BCUT2D eigenvalue weighted by molar-refractivity contribution is 0.298. The highest BCUT2D eigenvalue weighted by Crippen LogP contribution is 2.10. The van der Waals surface area contributed by atoms with Crippen LogP contribution in [0.15, 0.2) is 17.4 Å². The minimum Gasteiger partial charge on any atom is -0.409 e. The van der Waals surface area contributed by atoms with Crippen LogP contribution in [0.5, 0.6) is 0 Å². The lowest BCUT2D eigenvalue weighted by Gasteiger charge is -2.25. The van der Waals surface area contributed by atoms with Gasteiger partial charge in [0.1, 0.15) is 5.69 Å². The van der Waals surface area contributed by atoms with Crippen LogP contribution in [0.4, 0.5) is 5.95 Å². The molecule has 0 aliphatic rings. The van der Waals surface area contributed by atoms with Crippen LogP contribution >= 0.6 is 0 Å². The quantitative estimate of drug-likeness (QED) is 0.284. The van der Waals surface area contributed by atoms with Crippen molar-refractivity contribution in [1.29, 1.82) is 0 Å². The Morgan fingerprint density at radius 3 is 2.82 bits per heavy atom. The van der Waals surface area contributed by atoms with Gasteiger partial charge in [-0.3, -0.25) is 0 Å². The first-order chi connectivity index (χ1) is 8.10. The summed E-state index contributed by atoms with van der Waals surface area (Å²) in [5.74, 6) is 0.375. The lowest BCUT2D eigenvalue weighted by atomic mass is 10.3. The highest BCUT2D eigenvalue weighted by molar-refractivity contribution is 5.95. The van der Waals surface area contributed by atoms with Crippen molar-refractivity contribution >= 4 is 11.8 Å². The van der Waals surface area contributed by atoms with Crippen molar-refractivity contribution in [2.45, 2.75) is 19.9 Å². The number of aromatic nitrogens is 2. The van der Waals surface area contributed by atoms with Gasteiger partial charge in [-0.2, -0.15) is 0 Å². The van der Waals surface area contributed by atoms with Gasteiger partial charge in [-0.25, -0.2) is 9.97 Å². The molecule has 0 radical (unpaired) electrons. The van der Waals surface area contributed by atoms with Crippen LogP contribution in [0.25, 0.3) is 0 Å². The molecule has 1 heterocycles. The normalized spacial score (nSPS) is 11.9. The van der Waals surface area contributed by atoms with Gasteiger partial charge in [-0.15, -0.1) is 0 Å². The average Bonchev–Trinajstić information content (AvgIpc) is 2.34. The number of hydrogen-bond donors (Lipinski definition) is 3. The molecule has 0 aliphatic carbocycles. The average molecular weight is 239 g/mol. The van der Waals surface area contributed by atoms with Crippen molar-refractivity contribution < 1.29 is 10.3 Å². The Morgan fingerprint density at radius 1 is 1.59 bits per heavy atom. The number of oxime groups is 1. The van der Waals surface area contributed by atoms with Crippen molar-refractivity contribution in [3.05, 3.63) is 18.0 Å². The third kappa shape index (κ3) is 3.28. The predicted molar refractivity (Wildman–Crippen MR) is 64.1 cm³/mol. The van der Waals surface area contributed by atoms with Gasteiger partial charge in [0.2, 0.25) is 5.95 Å². The molecule has 1 aromatic heterocycles. The molecule has 0 spiro atoms. The Kier molecular flexibility index (Phi) is 4.65. The second kappa shape index (κ2) is 6.00. The lowest BCUT2D eigenvalue weighted by Crippen LogP contribution is -2.35. The van der Waals surface area contributed by atoms with Crippen LogP contribution in [-0.2, 0) is 0 Å². The summed E-state index contributed by atoms with van der Waals surface area (Å²) in [6.45, 7) is 4.37. The maximum Gasteiger partial charge on any atom is 0.226 e. The zero-order chi connectivity index (χ0) is 12.8. The third-order valence-electron chi connectivity index (χ3n) is 2.23. The maximum absolute atomic E-state index is 8.99. The second-order valence-corrected chi connectivity index (χ2v) is 3.74. The van der Waals surface area contributed by atoms with E-state index in [0.29, 0.717) is 18.2 Å². The van der Waals surface area contributed by atoms with Crippen LogP contribution in [0.2, 0.25) is 0 Å². The molecule has 0 aromatic carbocycles. The molecule has 0 unspecified atom stereocenters. The molecule has 0 aliphatic heterocycles. The number of hydrogen-bond acceptors (Lipinski definition) is 6. The first kappa shape index (κ1) is 13.2. The molecule has 7 heteroatoms. The summed E-state index contributed by atoms with van der Waals surface area (Å²) in [5.41, 5.74) is 5.80. The fourth-order valence-corrected chi connectivity index (χ4v) is 1.38. The van der Waals surface area contributed by atoms with Gasteiger partial charge >= 0.3 is 0 Å². The molecular formula is C10H17N5O2. The number of nitrogens with two attached hydrogens (primary N) is 1. The van der Waals surface area contributed by atoms with E-state index in [2.05, 4.69) is 15.1 Å². The molecular weight excluding hydrogens is 222 g/mol. The van der Waals surface area contributed by atoms with Gasteiger partial charge in [0.25, 0.3) is 0 Å². The fourth-order valence-electron chi connectivity index (χ4n) is 1.38. The molecule has 0 saturated carbocycles. The third-order valence-corrected chi connectivity index (χ3v) is 2.23. The van der Waals surface area contributed by atoms with Crippen molar-refractivity contribution in [3.63, 3.8) is 0 Å². The van der Waals surface area contributed by atoms with E-state index in [1.807, 2.05) is 18.7 Å². The Bertz CT molecular complexity index is 394. The summed E-state index contributed by atoms with van der Waals surface area (Å²) in [4.78, 5) is 10.1. The molecule has 0 saturated heterocycles. The fraction of sp³-hybridized carbons (Fsp3) is 0.500. The molecule has 4 N–H and O–H groups in total. The highest BCUT2D eigenvalue weighted by atomic mass is 16.4. The molecule has 0 amide bonds. The second-order valence-electron chi connectivity index (χ2n) is 3.74. The zero-order valence-corrected chi connectivity index (χ0v) is 9.91. The van der Waals surface area contributed by atoms with Gasteiger partial charge in [0, 0.05) is 18.8 Å². The zero-order valence-electron chi connectivity index (χ0n) is 9.91. The van der Waals surface area contributed by atoms with E-state index in [4.69, 9.17) is 16.0 Å². The summed E-state index contributed by atoms with van der Waals surface area (Å²) in [5, 5.41) is 20.5. The molecule has 7 nitrogen and oxygen atoms in total. The van der Waals surface area contributed by atoms with E-state index in [0.717, 1.165) is 0 Å². The van der Waals surface area contributed by atoms with Crippen LogP contribution in [-0.4, -0.2) is 45.3 Å². The predicted octanol–water partition coefficient (Wildman–Crippen LogP) is -0.222. The number of aliphatic hydroxyl groups excluding tert-OH is 1. The molecule has 0 atom stereocenters. The Labute approximate surface area is 99.6 Å². The molecule has 1 aromatic rings. The van der Waals surface area contributed by atoms with E-state index >= 15 is 0 Å². The number of aliphatic hydroxyl groups is 1. The van der Waals surface area contributed by atoms with Crippen molar-refractivity contribution in [3.8, 4) is 0 Å². The minimum atomic E-state index is -0.0682. The van der Waals surface area contributed by atoms with Gasteiger partial charge in [0.05, 0.1) is 6.61 Å². The summed E-state index contributed by atoms with van der Waals surface area (Å²) < 4.78 is 0. The topological polar surface area (TPSA) is 108 Å². The first-order valence-electron chi connectivity index (χ1n) is 5.28. The van der Waals surface area contributed by atoms with Crippen molar-refractivity contribution in [1.82, 2.24) is 9.97 Å². The van der Waals surface area contributed by atoms with Crippen LogP contribution < -0.4 is 10.6 Å². The summed E-state index contributed by atoms with van der Waals surface area (Å²) in [7, 11) is 0. The smallest absolute Gasteiger partial charge is 0.226 e. The van der Waals surface area contributed by atoms with Gasteiger partial charge in [-0.1, -0.05) is 5.16 Å². The van der Waals surface area contributed by atoms with Gasteiger partial charge in [-0.05, 0) is 19.9 Å². The molecule has 0 fully saturated rings. The Morgan fingerprint density at radius 2 is 2.29 bits per heavy atom. The van der Waals surface area contributed by atoms with Crippen LogP contribution in [0.3, 0.4) is 0 Å². The van der Waals surface area contributed by atoms with Crippen molar-refractivity contribution in [2.75, 3.05) is 18.1 Å². The van der Waals surface area contributed by atoms with Crippen LogP contribution in [0, 0.1) is 0 Å². The standard InChI is InChI=1S/C10H17N5O2/c1-7(2)15(5-6-16)10-12-4-3-8(13-10)9(11)14-17/h3-4,7,16-17H,5-6H2,1-2H3,(H2,11,14). The van der Waals surface area contributed by atoms with Crippen molar-refractivity contribution in [2.24, 2.45) is 10.9 Å². The van der Waals surface area contributed by atoms with E-state index in [-0.39, 0.29) is 18.5 Å². The maximum atomic E-state index is 8.99. The molecule has 0 bridgehead atoms. The number of rotatable bonds is 5. The van der Waals surface area contributed by atoms with Crippen LogP contribution in [0.1, 0.15) is 19.5 Å². The molecule has 1 rings (SSSR count). The SMILES string of the molecule is CC(C)N(CCO)c1nccc(/C(N)=N/O)n1. The van der Waals surface area contributed by atoms with E-state index < -0.39 is 0 Å². The summed E-state index contributed by atoms with van der Waals surface area (Å²) >= 11 is 0. The van der Waals surface area contributed by atoms with Gasteiger partial charge in [0.15, 0.2) is 5.84 Å². The van der Waals surface area contributed by atoms with E-state index in [9.17, 15) is 0 Å². The number of anilines is 1. The molecule has 17 heavy (non-hydrogen) atoms. The Hall–Kier alpha value is -1.89. The number of nitrogens with zero attached hydrogens (tertiary/aromatic N) is 4. The highest BCUT2D eigenvalue weighted by Gasteiger charge is 2.14. The Balaban J connectivity index is 3.04. The monoisotopic (exact) mass is 239 g/mol. The van der Waals surface area contributed by atoms with E-state index in [1.54, 1.807) is 6.07 Å². The first-order valence-corrected chi connectivity index (χ1v) is 5.28. The number of amidine groups is 1.